The topological polar surface area (TPSA) is 56.1 Å². The van der Waals surface area contributed by atoms with Crippen LogP contribution < -0.4 is 5.32 Å². The SMILES string of the molecule is COCCCNC(=O)Cn1c(-c2ccccc2C)nc2ccccc21. The molecule has 2 aromatic carbocycles. The third-order valence-electron chi connectivity index (χ3n) is 4.19. The molecule has 5 heteroatoms. The summed E-state index contributed by atoms with van der Waals surface area (Å²) in [6.07, 6.45) is 0.803. The molecule has 0 radical (unpaired) electrons. The number of para-hydroxylation sites is 2. The van der Waals surface area contributed by atoms with E-state index < -0.39 is 0 Å². The Morgan fingerprint density at radius 3 is 2.72 bits per heavy atom. The molecule has 0 bridgehead atoms. The Hall–Kier alpha value is -2.66. The Morgan fingerprint density at radius 1 is 1.16 bits per heavy atom. The number of fused-ring (bicyclic) bond motifs is 1. The average Bonchev–Trinajstić information content (AvgIpc) is 2.98. The van der Waals surface area contributed by atoms with E-state index in [9.17, 15) is 4.79 Å². The van der Waals surface area contributed by atoms with E-state index in [4.69, 9.17) is 9.72 Å². The van der Waals surface area contributed by atoms with Crippen LogP contribution in [0.5, 0.6) is 0 Å². The van der Waals surface area contributed by atoms with Crippen molar-refractivity contribution in [3.63, 3.8) is 0 Å². The molecule has 0 saturated heterocycles. The van der Waals surface area contributed by atoms with Crippen molar-refractivity contribution >= 4 is 16.9 Å². The molecule has 0 aliphatic heterocycles. The number of carbonyl (C=O) groups is 1. The number of methoxy groups -OCH3 is 1. The van der Waals surface area contributed by atoms with Gasteiger partial charge in [0.05, 0.1) is 11.0 Å². The third kappa shape index (κ3) is 3.88. The van der Waals surface area contributed by atoms with E-state index in [1.165, 1.54) is 0 Å². The summed E-state index contributed by atoms with van der Waals surface area (Å²) in [4.78, 5) is 17.2. The summed E-state index contributed by atoms with van der Waals surface area (Å²) in [6.45, 7) is 3.56. The second-order valence-electron chi connectivity index (χ2n) is 6.02. The maximum atomic E-state index is 12.4. The van der Waals surface area contributed by atoms with E-state index in [0.29, 0.717) is 13.2 Å². The van der Waals surface area contributed by atoms with Crippen molar-refractivity contribution < 1.29 is 9.53 Å². The number of nitrogens with zero attached hydrogens (tertiary/aromatic N) is 2. The summed E-state index contributed by atoms with van der Waals surface area (Å²) in [7, 11) is 1.66. The van der Waals surface area contributed by atoms with E-state index >= 15 is 0 Å². The lowest BCUT2D eigenvalue weighted by atomic mass is 10.1. The average molecular weight is 337 g/mol. The molecule has 0 spiro atoms. The first-order chi connectivity index (χ1) is 12.2. The Kier molecular flexibility index (Phi) is 5.46. The minimum Gasteiger partial charge on any atom is -0.385 e. The second-order valence-corrected chi connectivity index (χ2v) is 6.02. The van der Waals surface area contributed by atoms with Gasteiger partial charge in [-0.05, 0) is 31.0 Å². The fourth-order valence-electron chi connectivity index (χ4n) is 2.91. The third-order valence-corrected chi connectivity index (χ3v) is 4.19. The van der Waals surface area contributed by atoms with E-state index in [0.717, 1.165) is 34.4 Å². The number of imidazole rings is 1. The molecular weight excluding hydrogens is 314 g/mol. The monoisotopic (exact) mass is 337 g/mol. The molecule has 0 aliphatic rings. The number of aryl methyl sites for hydroxylation is 1. The largest absolute Gasteiger partial charge is 0.385 e. The summed E-state index contributed by atoms with van der Waals surface area (Å²) < 4.78 is 7.00. The Bertz CT molecular complexity index is 870. The number of aromatic nitrogens is 2. The van der Waals surface area contributed by atoms with Crippen LogP contribution in [0.2, 0.25) is 0 Å². The quantitative estimate of drug-likeness (QED) is 0.674. The van der Waals surface area contributed by atoms with Crippen molar-refractivity contribution in [3.8, 4) is 11.4 Å². The summed E-state index contributed by atoms with van der Waals surface area (Å²) >= 11 is 0. The lowest BCUT2D eigenvalue weighted by Crippen LogP contribution is -2.29. The smallest absolute Gasteiger partial charge is 0.240 e. The number of hydrogen-bond donors (Lipinski definition) is 1. The van der Waals surface area contributed by atoms with Crippen LogP contribution in [0.3, 0.4) is 0 Å². The Morgan fingerprint density at radius 2 is 1.92 bits per heavy atom. The first kappa shape index (κ1) is 17.2. The van der Waals surface area contributed by atoms with Crippen LogP contribution in [-0.4, -0.2) is 35.7 Å². The van der Waals surface area contributed by atoms with Crippen molar-refractivity contribution in [3.05, 3.63) is 54.1 Å². The predicted molar refractivity (Wildman–Crippen MR) is 99.4 cm³/mol. The van der Waals surface area contributed by atoms with Gasteiger partial charge in [-0.1, -0.05) is 36.4 Å². The molecule has 0 saturated carbocycles. The van der Waals surface area contributed by atoms with Gasteiger partial charge in [0.1, 0.15) is 12.4 Å². The normalized spacial score (nSPS) is 11.0. The lowest BCUT2D eigenvalue weighted by molar-refractivity contribution is -0.121. The van der Waals surface area contributed by atoms with Gasteiger partial charge in [-0.2, -0.15) is 0 Å². The van der Waals surface area contributed by atoms with Crippen molar-refractivity contribution in [2.24, 2.45) is 0 Å². The summed E-state index contributed by atoms with van der Waals surface area (Å²) in [5, 5.41) is 2.95. The van der Waals surface area contributed by atoms with E-state index in [-0.39, 0.29) is 12.5 Å². The predicted octanol–water partition coefficient (Wildman–Crippen LogP) is 3.16. The van der Waals surface area contributed by atoms with Gasteiger partial charge in [-0.3, -0.25) is 4.79 Å². The molecule has 25 heavy (non-hydrogen) atoms. The van der Waals surface area contributed by atoms with Crippen LogP contribution in [0.25, 0.3) is 22.4 Å². The maximum Gasteiger partial charge on any atom is 0.240 e. The molecule has 1 N–H and O–H groups in total. The van der Waals surface area contributed by atoms with E-state index in [1.807, 2.05) is 47.0 Å². The van der Waals surface area contributed by atoms with Gasteiger partial charge in [0, 0.05) is 25.8 Å². The fourth-order valence-corrected chi connectivity index (χ4v) is 2.91. The summed E-state index contributed by atoms with van der Waals surface area (Å²) in [6, 6.07) is 16.0. The molecule has 3 aromatic rings. The lowest BCUT2D eigenvalue weighted by Gasteiger charge is -2.11. The molecule has 0 aliphatic carbocycles. The van der Waals surface area contributed by atoms with Crippen molar-refractivity contribution in [2.45, 2.75) is 19.9 Å². The van der Waals surface area contributed by atoms with Crippen LogP contribution in [0.4, 0.5) is 0 Å². The molecule has 1 heterocycles. The molecule has 0 atom stereocenters. The zero-order chi connectivity index (χ0) is 17.6. The molecule has 130 valence electrons. The van der Waals surface area contributed by atoms with Gasteiger partial charge >= 0.3 is 0 Å². The number of rotatable bonds is 7. The van der Waals surface area contributed by atoms with Gasteiger partial charge in [0.15, 0.2) is 0 Å². The first-order valence-electron chi connectivity index (χ1n) is 8.47. The highest BCUT2D eigenvalue weighted by Gasteiger charge is 2.16. The highest BCUT2D eigenvalue weighted by Crippen LogP contribution is 2.27. The van der Waals surface area contributed by atoms with Crippen LogP contribution in [0, 0.1) is 6.92 Å². The highest BCUT2D eigenvalue weighted by molar-refractivity contribution is 5.84. The number of ether oxygens (including phenoxy) is 1. The van der Waals surface area contributed by atoms with Gasteiger partial charge in [0.25, 0.3) is 0 Å². The van der Waals surface area contributed by atoms with Crippen LogP contribution in [0.15, 0.2) is 48.5 Å². The van der Waals surface area contributed by atoms with Gasteiger partial charge in [-0.25, -0.2) is 4.98 Å². The molecule has 0 fully saturated rings. The molecular formula is C20H23N3O2. The number of carbonyl (C=O) groups excluding carboxylic acids is 1. The van der Waals surface area contributed by atoms with Crippen molar-refractivity contribution in [2.75, 3.05) is 20.3 Å². The molecule has 3 rings (SSSR count). The second kappa shape index (κ2) is 7.94. The van der Waals surface area contributed by atoms with E-state index in [1.54, 1.807) is 7.11 Å². The molecule has 5 nitrogen and oxygen atoms in total. The van der Waals surface area contributed by atoms with Gasteiger partial charge < -0.3 is 14.6 Å². The fraction of sp³-hybridized carbons (Fsp3) is 0.300. The van der Waals surface area contributed by atoms with Gasteiger partial charge in [-0.15, -0.1) is 0 Å². The Balaban J connectivity index is 1.92. The molecule has 1 amide bonds. The zero-order valence-electron chi connectivity index (χ0n) is 14.7. The van der Waals surface area contributed by atoms with Crippen molar-refractivity contribution in [1.82, 2.24) is 14.9 Å². The molecule has 1 aromatic heterocycles. The summed E-state index contributed by atoms with van der Waals surface area (Å²) in [5.41, 5.74) is 4.05. The van der Waals surface area contributed by atoms with E-state index in [2.05, 4.69) is 18.3 Å². The highest BCUT2D eigenvalue weighted by atomic mass is 16.5. The van der Waals surface area contributed by atoms with Crippen LogP contribution >= 0.6 is 0 Å². The van der Waals surface area contributed by atoms with Crippen molar-refractivity contribution in [1.29, 1.82) is 0 Å². The zero-order valence-corrected chi connectivity index (χ0v) is 14.7. The Labute approximate surface area is 147 Å². The minimum atomic E-state index is -0.0194. The standard InChI is InChI=1S/C20H23N3O2/c1-15-8-3-4-9-16(15)20-22-17-10-5-6-11-18(17)23(20)14-19(24)21-12-7-13-25-2/h3-6,8-11H,7,12-14H2,1-2H3,(H,21,24). The number of nitrogens with one attached hydrogen (secondary N) is 1. The minimum absolute atomic E-state index is 0.0194. The summed E-state index contributed by atoms with van der Waals surface area (Å²) in [5.74, 6) is 0.806. The van der Waals surface area contributed by atoms with Crippen LogP contribution in [-0.2, 0) is 16.1 Å². The maximum absolute atomic E-state index is 12.4. The number of benzene rings is 2. The molecule has 0 unspecified atom stereocenters. The number of hydrogen-bond acceptors (Lipinski definition) is 3. The first-order valence-corrected chi connectivity index (χ1v) is 8.47. The van der Waals surface area contributed by atoms with Crippen LogP contribution in [0.1, 0.15) is 12.0 Å². The number of amides is 1. The van der Waals surface area contributed by atoms with Gasteiger partial charge in [0.2, 0.25) is 5.91 Å².